The molecule has 2 aromatic heterocycles. The van der Waals surface area contributed by atoms with Gasteiger partial charge in [-0.3, -0.25) is 0 Å². The number of fused-ring (bicyclic) bond motifs is 1. The number of hydrogen-bond acceptors (Lipinski definition) is 1. The van der Waals surface area contributed by atoms with Crippen LogP contribution in [0.5, 0.6) is 0 Å². The van der Waals surface area contributed by atoms with E-state index in [9.17, 15) is 0 Å². The van der Waals surface area contributed by atoms with Crippen molar-refractivity contribution in [2.45, 2.75) is 0 Å². The van der Waals surface area contributed by atoms with Gasteiger partial charge in [-0.1, -0.05) is 0 Å². The molecule has 0 aromatic carbocycles. The fourth-order valence-electron chi connectivity index (χ4n) is 1.30. The largest absolute Gasteiger partial charge is 0.378 e. The van der Waals surface area contributed by atoms with Gasteiger partial charge in [0.15, 0.2) is 0 Å². The second-order valence-electron chi connectivity index (χ2n) is 3.12. The summed E-state index contributed by atoms with van der Waals surface area (Å²) in [4.78, 5) is 2.10. The van der Waals surface area contributed by atoms with Gasteiger partial charge in [0.05, 0.1) is 0 Å². The van der Waals surface area contributed by atoms with E-state index in [1.165, 1.54) is 11.2 Å². The Morgan fingerprint density at radius 2 is 2.00 bits per heavy atom. The van der Waals surface area contributed by atoms with Crippen LogP contribution < -0.4 is 4.90 Å². The number of hydrogen-bond donors (Lipinski definition) is 0. The van der Waals surface area contributed by atoms with E-state index in [0.29, 0.717) is 0 Å². The zero-order chi connectivity index (χ0) is 8.55. The first-order chi connectivity index (χ1) is 5.77. The lowest BCUT2D eigenvalue weighted by Gasteiger charge is -2.12. The molecule has 0 aliphatic carbocycles. The molecule has 0 bridgehead atoms. The Balaban J connectivity index is 2.60. The van der Waals surface area contributed by atoms with E-state index >= 15 is 0 Å². The minimum Gasteiger partial charge on any atom is -0.378 e. The highest BCUT2D eigenvalue weighted by atomic mass is 15.1. The maximum absolute atomic E-state index is 2.17. The third-order valence-corrected chi connectivity index (χ3v) is 2.03. The van der Waals surface area contributed by atoms with Gasteiger partial charge < -0.3 is 9.30 Å². The zero-order valence-corrected chi connectivity index (χ0v) is 7.36. The molecule has 2 heterocycles. The summed E-state index contributed by atoms with van der Waals surface area (Å²) in [5, 5.41) is 0. The lowest BCUT2D eigenvalue weighted by molar-refractivity contribution is 1.11. The molecule has 2 aromatic rings. The van der Waals surface area contributed by atoms with Crippen LogP contribution in [-0.4, -0.2) is 18.5 Å². The lowest BCUT2D eigenvalue weighted by atomic mass is 10.3. The zero-order valence-electron chi connectivity index (χ0n) is 7.36. The van der Waals surface area contributed by atoms with Gasteiger partial charge in [0.25, 0.3) is 0 Å². The van der Waals surface area contributed by atoms with Crippen LogP contribution in [0.4, 0.5) is 5.69 Å². The second-order valence-corrected chi connectivity index (χ2v) is 3.12. The molecular formula is C10H12N2. The quantitative estimate of drug-likeness (QED) is 0.619. The minimum absolute atomic E-state index is 1.24. The number of rotatable bonds is 1. The van der Waals surface area contributed by atoms with Crippen molar-refractivity contribution in [3.8, 4) is 0 Å². The third kappa shape index (κ3) is 1.05. The topological polar surface area (TPSA) is 7.65 Å². The summed E-state index contributed by atoms with van der Waals surface area (Å²) in [5.41, 5.74) is 2.47. The summed E-state index contributed by atoms with van der Waals surface area (Å²) >= 11 is 0. The molecule has 0 saturated carbocycles. The van der Waals surface area contributed by atoms with E-state index in [2.05, 4.69) is 60.1 Å². The number of anilines is 1. The van der Waals surface area contributed by atoms with Gasteiger partial charge in [-0.2, -0.15) is 0 Å². The molecule has 2 rings (SSSR count). The summed E-state index contributed by atoms with van der Waals surface area (Å²) < 4.78 is 2.10. The number of aromatic nitrogens is 1. The van der Waals surface area contributed by atoms with Crippen LogP contribution in [-0.2, 0) is 0 Å². The van der Waals surface area contributed by atoms with Crippen molar-refractivity contribution in [1.29, 1.82) is 0 Å². The number of pyridine rings is 1. The molecule has 0 radical (unpaired) electrons. The Kier molecular flexibility index (Phi) is 1.54. The predicted octanol–water partition coefficient (Wildman–Crippen LogP) is 2.01. The third-order valence-electron chi connectivity index (χ3n) is 2.03. The van der Waals surface area contributed by atoms with Crippen molar-refractivity contribution in [3.63, 3.8) is 0 Å². The van der Waals surface area contributed by atoms with Gasteiger partial charge in [-0.15, -0.1) is 0 Å². The average Bonchev–Trinajstić information content (AvgIpc) is 2.49. The van der Waals surface area contributed by atoms with Crippen LogP contribution in [0, 0.1) is 0 Å². The van der Waals surface area contributed by atoms with Gasteiger partial charge in [-0.05, 0) is 24.3 Å². The summed E-state index contributed by atoms with van der Waals surface area (Å²) in [6, 6.07) is 8.43. The Morgan fingerprint density at radius 3 is 2.75 bits per heavy atom. The summed E-state index contributed by atoms with van der Waals surface area (Å²) in [6.45, 7) is 0. The van der Waals surface area contributed by atoms with Crippen molar-refractivity contribution < 1.29 is 0 Å². The minimum atomic E-state index is 1.24. The normalized spacial score (nSPS) is 10.5. The Labute approximate surface area is 72.0 Å². The summed E-state index contributed by atoms with van der Waals surface area (Å²) in [6.07, 6.45) is 4.12. The highest BCUT2D eigenvalue weighted by Gasteiger charge is 1.95. The molecule has 0 amide bonds. The van der Waals surface area contributed by atoms with Gasteiger partial charge in [0.2, 0.25) is 0 Å². The van der Waals surface area contributed by atoms with E-state index in [1.54, 1.807) is 0 Å². The van der Waals surface area contributed by atoms with Crippen molar-refractivity contribution in [2.75, 3.05) is 19.0 Å². The molecule has 0 saturated heterocycles. The standard InChI is InChI=1S/C10H12N2/c1-11(2)9-5-7-12-6-3-4-10(12)8-9/h3-8H,1-2H3. The Morgan fingerprint density at radius 1 is 1.17 bits per heavy atom. The van der Waals surface area contributed by atoms with Crippen molar-refractivity contribution in [2.24, 2.45) is 0 Å². The maximum atomic E-state index is 2.17. The average molecular weight is 160 g/mol. The fraction of sp³-hybridized carbons (Fsp3) is 0.200. The predicted molar refractivity (Wildman–Crippen MR) is 51.7 cm³/mol. The van der Waals surface area contributed by atoms with E-state index < -0.39 is 0 Å². The molecule has 0 aliphatic rings. The van der Waals surface area contributed by atoms with Crippen LogP contribution >= 0.6 is 0 Å². The highest BCUT2D eigenvalue weighted by Crippen LogP contribution is 2.14. The Bertz CT molecular complexity index is 387. The molecule has 62 valence electrons. The van der Waals surface area contributed by atoms with Crippen LogP contribution in [0.3, 0.4) is 0 Å². The fourth-order valence-corrected chi connectivity index (χ4v) is 1.30. The lowest BCUT2D eigenvalue weighted by Crippen LogP contribution is -2.08. The Hall–Kier alpha value is -1.44. The first kappa shape index (κ1) is 7.22. The van der Waals surface area contributed by atoms with Crippen LogP contribution in [0.15, 0.2) is 36.7 Å². The molecule has 0 atom stereocenters. The first-order valence-corrected chi connectivity index (χ1v) is 4.01. The van der Waals surface area contributed by atoms with Gasteiger partial charge in [0.1, 0.15) is 0 Å². The van der Waals surface area contributed by atoms with Crippen molar-refractivity contribution in [1.82, 2.24) is 4.40 Å². The smallest absolute Gasteiger partial charge is 0.0470 e. The van der Waals surface area contributed by atoms with Crippen LogP contribution in [0.25, 0.3) is 5.52 Å². The highest BCUT2D eigenvalue weighted by molar-refractivity contribution is 5.59. The first-order valence-electron chi connectivity index (χ1n) is 4.01. The molecule has 0 N–H and O–H groups in total. The second kappa shape index (κ2) is 2.55. The SMILES string of the molecule is CN(C)c1ccn2cccc2c1. The molecule has 0 fully saturated rings. The van der Waals surface area contributed by atoms with Crippen LogP contribution in [0.1, 0.15) is 0 Å². The van der Waals surface area contributed by atoms with Crippen LogP contribution in [0.2, 0.25) is 0 Å². The van der Waals surface area contributed by atoms with Crippen molar-refractivity contribution in [3.05, 3.63) is 36.7 Å². The monoisotopic (exact) mass is 160 g/mol. The number of nitrogens with zero attached hydrogens (tertiary/aromatic N) is 2. The van der Waals surface area contributed by atoms with E-state index in [-0.39, 0.29) is 0 Å². The van der Waals surface area contributed by atoms with Crippen molar-refractivity contribution >= 4 is 11.2 Å². The molecular weight excluding hydrogens is 148 g/mol. The summed E-state index contributed by atoms with van der Waals surface area (Å²) in [5.74, 6) is 0. The maximum Gasteiger partial charge on any atom is 0.0470 e. The molecule has 0 aliphatic heterocycles. The molecule has 0 unspecified atom stereocenters. The van der Waals surface area contributed by atoms with Gasteiger partial charge >= 0.3 is 0 Å². The van der Waals surface area contributed by atoms with E-state index in [1.807, 2.05) is 0 Å². The molecule has 2 heteroatoms. The summed E-state index contributed by atoms with van der Waals surface area (Å²) in [7, 11) is 4.10. The molecule has 2 nitrogen and oxygen atoms in total. The van der Waals surface area contributed by atoms with E-state index in [4.69, 9.17) is 0 Å². The van der Waals surface area contributed by atoms with Gasteiger partial charge in [0, 0.05) is 37.7 Å². The van der Waals surface area contributed by atoms with E-state index in [0.717, 1.165) is 0 Å². The van der Waals surface area contributed by atoms with Gasteiger partial charge in [-0.25, -0.2) is 0 Å². The molecule has 12 heavy (non-hydrogen) atoms. The molecule has 0 spiro atoms.